The molecule has 0 aliphatic carbocycles. The maximum absolute atomic E-state index is 6.03. The summed E-state index contributed by atoms with van der Waals surface area (Å²) in [6, 6.07) is 9.54. The molecule has 0 saturated carbocycles. The number of halogens is 1. The zero-order chi connectivity index (χ0) is 17.6. The molecule has 25 heavy (non-hydrogen) atoms. The number of benzene rings is 1. The van der Waals surface area contributed by atoms with Gasteiger partial charge in [0.25, 0.3) is 0 Å². The Morgan fingerprint density at radius 2 is 1.84 bits per heavy atom. The minimum atomic E-state index is 0.466. The predicted octanol–water partition coefficient (Wildman–Crippen LogP) is 4.89. The van der Waals surface area contributed by atoms with Crippen molar-refractivity contribution in [1.82, 2.24) is 24.7 Å². The lowest BCUT2D eigenvalue weighted by molar-refractivity contribution is 0.841. The van der Waals surface area contributed by atoms with Gasteiger partial charge in [-0.1, -0.05) is 49.0 Å². The standard InChI is InChI=1S/C17H18ClN5S2/c1-3-12(2)25-17-22-21-15(11-24-16-19-9-4-10-20-16)23(17)14-7-5-13(18)6-8-14/h4-10,12H,3,11H2,1-2H3/t12-/m1/s1. The average Bonchev–Trinajstić information content (AvgIpc) is 3.04. The zero-order valence-corrected chi connectivity index (χ0v) is 16.4. The van der Waals surface area contributed by atoms with Gasteiger partial charge in [-0.3, -0.25) is 4.57 Å². The first-order chi connectivity index (χ1) is 12.2. The van der Waals surface area contributed by atoms with Gasteiger partial charge in [-0.25, -0.2) is 9.97 Å². The number of rotatable bonds is 7. The molecule has 0 bridgehead atoms. The number of hydrogen-bond donors (Lipinski definition) is 0. The van der Waals surface area contributed by atoms with Crippen molar-refractivity contribution in [3.05, 3.63) is 53.6 Å². The molecule has 0 amide bonds. The Balaban J connectivity index is 1.90. The van der Waals surface area contributed by atoms with E-state index in [4.69, 9.17) is 11.6 Å². The number of nitrogens with zero attached hydrogens (tertiary/aromatic N) is 5. The molecule has 1 aromatic carbocycles. The van der Waals surface area contributed by atoms with E-state index in [9.17, 15) is 0 Å². The number of thioether (sulfide) groups is 2. The Bertz CT molecular complexity index is 808. The molecule has 2 aromatic heterocycles. The third-order valence-electron chi connectivity index (χ3n) is 3.54. The first-order valence-electron chi connectivity index (χ1n) is 7.94. The molecule has 3 rings (SSSR count). The minimum Gasteiger partial charge on any atom is -0.273 e. The Labute approximate surface area is 160 Å². The third-order valence-corrected chi connectivity index (χ3v) is 5.87. The van der Waals surface area contributed by atoms with Crippen LogP contribution in [0.5, 0.6) is 0 Å². The third kappa shape index (κ3) is 4.74. The SMILES string of the molecule is CC[C@@H](C)Sc1nnc(CSc2ncccn2)n1-c1ccc(Cl)cc1. The Morgan fingerprint density at radius 1 is 1.12 bits per heavy atom. The minimum absolute atomic E-state index is 0.466. The molecular formula is C17H18ClN5S2. The van der Waals surface area contributed by atoms with Crippen LogP contribution in [0.25, 0.3) is 5.69 Å². The summed E-state index contributed by atoms with van der Waals surface area (Å²) in [7, 11) is 0. The average molecular weight is 392 g/mol. The van der Waals surface area contributed by atoms with E-state index in [-0.39, 0.29) is 0 Å². The van der Waals surface area contributed by atoms with Crippen LogP contribution < -0.4 is 0 Å². The highest BCUT2D eigenvalue weighted by Crippen LogP contribution is 2.29. The maximum atomic E-state index is 6.03. The van der Waals surface area contributed by atoms with Gasteiger partial charge in [-0.2, -0.15) is 0 Å². The summed E-state index contributed by atoms with van der Waals surface area (Å²) >= 11 is 9.30. The summed E-state index contributed by atoms with van der Waals surface area (Å²) in [6.45, 7) is 4.36. The molecule has 5 nitrogen and oxygen atoms in total. The monoisotopic (exact) mass is 391 g/mol. The Hall–Kier alpha value is -1.57. The van der Waals surface area contributed by atoms with E-state index in [2.05, 4.69) is 38.6 Å². The molecule has 2 heterocycles. The molecule has 8 heteroatoms. The predicted molar refractivity (Wildman–Crippen MR) is 104 cm³/mol. The summed E-state index contributed by atoms with van der Waals surface area (Å²) in [4.78, 5) is 8.50. The highest BCUT2D eigenvalue weighted by Gasteiger charge is 2.17. The molecule has 0 saturated heterocycles. The van der Waals surface area contributed by atoms with Crippen LogP contribution in [-0.4, -0.2) is 30.0 Å². The highest BCUT2D eigenvalue weighted by atomic mass is 35.5. The van der Waals surface area contributed by atoms with Gasteiger partial charge in [-0.05, 0) is 36.8 Å². The lowest BCUT2D eigenvalue weighted by Gasteiger charge is -2.12. The largest absolute Gasteiger partial charge is 0.273 e. The molecule has 0 N–H and O–H groups in total. The summed E-state index contributed by atoms with van der Waals surface area (Å²) < 4.78 is 2.09. The van der Waals surface area contributed by atoms with Gasteiger partial charge in [0.2, 0.25) is 0 Å². The van der Waals surface area contributed by atoms with Crippen LogP contribution >= 0.6 is 35.1 Å². The summed E-state index contributed by atoms with van der Waals surface area (Å²) in [6.07, 6.45) is 4.55. The van der Waals surface area contributed by atoms with Crippen LogP contribution in [-0.2, 0) is 5.75 Å². The van der Waals surface area contributed by atoms with Gasteiger partial charge in [-0.15, -0.1) is 10.2 Å². The number of aromatic nitrogens is 5. The molecule has 0 fully saturated rings. The fraction of sp³-hybridized carbons (Fsp3) is 0.294. The number of hydrogen-bond acceptors (Lipinski definition) is 6. The van der Waals surface area contributed by atoms with E-state index >= 15 is 0 Å². The van der Waals surface area contributed by atoms with Crippen LogP contribution in [0.4, 0.5) is 0 Å². The molecule has 0 radical (unpaired) electrons. The molecule has 0 unspecified atom stereocenters. The molecule has 1 atom stereocenters. The van der Waals surface area contributed by atoms with E-state index in [0.717, 1.165) is 28.2 Å². The van der Waals surface area contributed by atoms with E-state index in [1.54, 1.807) is 42.0 Å². The summed E-state index contributed by atoms with van der Waals surface area (Å²) in [5, 5.41) is 11.6. The summed E-state index contributed by atoms with van der Waals surface area (Å²) in [5.74, 6) is 1.51. The van der Waals surface area contributed by atoms with Crippen LogP contribution in [0, 0.1) is 0 Å². The lowest BCUT2D eigenvalue weighted by Crippen LogP contribution is -2.04. The molecule has 0 spiro atoms. The highest BCUT2D eigenvalue weighted by molar-refractivity contribution is 7.99. The van der Waals surface area contributed by atoms with Crippen molar-refractivity contribution < 1.29 is 0 Å². The first-order valence-corrected chi connectivity index (χ1v) is 10.2. The van der Waals surface area contributed by atoms with Crippen LogP contribution in [0.1, 0.15) is 26.1 Å². The Morgan fingerprint density at radius 3 is 2.52 bits per heavy atom. The Kier molecular flexibility index (Phi) is 6.34. The van der Waals surface area contributed by atoms with Gasteiger partial charge in [0, 0.05) is 28.4 Å². The topological polar surface area (TPSA) is 56.5 Å². The van der Waals surface area contributed by atoms with Gasteiger partial charge >= 0.3 is 0 Å². The van der Waals surface area contributed by atoms with Gasteiger partial charge in [0.15, 0.2) is 10.3 Å². The second-order valence-electron chi connectivity index (χ2n) is 5.37. The lowest BCUT2D eigenvalue weighted by atomic mass is 10.3. The fourth-order valence-electron chi connectivity index (χ4n) is 2.07. The van der Waals surface area contributed by atoms with Gasteiger partial charge in [0.05, 0.1) is 5.75 Å². The molecule has 0 aliphatic heterocycles. The van der Waals surface area contributed by atoms with Crippen molar-refractivity contribution in [2.75, 3.05) is 0 Å². The van der Waals surface area contributed by atoms with Crippen LogP contribution in [0.2, 0.25) is 5.02 Å². The van der Waals surface area contributed by atoms with Crippen molar-refractivity contribution in [2.45, 2.75) is 41.6 Å². The van der Waals surface area contributed by atoms with Crippen LogP contribution in [0.3, 0.4) is 0 Å². The smallest absolute Gasteiger partial charge is 0.196 e. The molecule has 0 aliphatic rings. The molecular weight excluding hydrogens is 374 g/mol. The van der Waals surface area contributed by atoms with Crippen molar-refractivity contribution in [1.29, 1.82) is 0 Å². The van der Waals surface area contributed by atoms with Crippen LogP contribution in [0.15, 0.2) is 53.0 Å². The van der Waals surface area contributed by atoms with Crippen molar-refractivity contribution in [2.24, 2.45) is 0 Å². The van der Waals surface area contributed by atoms with Gasteiger partial charge in [0.1, 0.15) is 5.82 Å². The molecule has 130 valence electrons. The summed E-state index contributed by atoms with van der Waals surface area (Å²) in [5.41, 5.74) is 1.00. The second kappa shape index (κ2) is 8.69. The van der Waals surface area contributed by atoms with E-state index in [1.165, 1.54) is 0 Å². The van der Waals surface area contributed by atoms with E-state index in [1.807, 2.05) is 24.3 Å². The zero-order valence-electron chi connectivity index (χ0n) is 14.0. The van der Waals surface area contributed by atoms with Crippen molar-refractivity contribution in [3.63, 3.8) is 0 Å². The van der Waals surface area contributed by atoms with Crippen molar-refractivity contribution in [3.8, 4) is 5.69 Å². The fourth-order valence-corrected chi connectivity index (χ4v) is 3.84. The van der Waals surface area contributed by atoms with E-state index < -0.39 is 0 Å². The second-order valence-corrected chi connectivity index (χ2v) is 8.15. The molecule has 3 aromatic rings. The van der Waals surface area contributed by atoms with Gasteiger partial charge < -0.3 is 0 Å². The van der Waals surface area contributed by atoms with E-state index in [0.29, 0.717) is 16.0 Å². The quantitative estimate of drug-likeness (QED) is 0.422. The maximum Gasteiger partial charge on any atom is 0.196 e. The first kappa shape index (κ1) is 18.2. The van der Waals surface area contributed by atoms with Crippen molar-refractivity contribution >= 4 is 35.1 Å². The normalized spacial score (nSPS) is 12.3.